The van der Waals surface area contributed by atoms with Crippen molar-refractivity contribution in [1.82, 2.24) is 9.91 Å². The van der Waals surface area contributed by atoms with Crippen molar-refractivity contribution in [2.45, 2.75) is 38.0 Å². The van der Waals surface area contributed by atoms with Crippen molar-refractivity contribution in [1.29, 1.82) is 0 Å². The molecule has 0 aliphatic carbocycles. The molecule has 3 aliphatic rings. The number of fused-ring (bicyclic) bond motifs is 4. The topological polar surface area (TPSA) is 57.5 Å². The normalized spacial score (nSPS) is 22.6. The molecule has 6 heteroatoms. The first-order valence-corrected chi connectivity index (χ1v) is 10.4. The molecule has 6 nitrogen and oxygen atoms in total. The highest BCUT2D eigenvalue weighted by molar-refractivity contribution is 6.02. The first-order chi connectivity index (χ1) is 14.1. The van der Waals surface area contributed by atoms with Gasteiger partial charge in [-0.3, -0.25) is 0 Å². The van der Waals surface area contributed by atoms with E-state index in [2.05, 4.69) is 22.9 Å². The molecular formula is C23H27N3O3. The standard InChI is InChI=1S/C23H27N3O3/c1-3-25-13-11-23(12-14-25)26-20(18-5-4-6-21(28-2)22(18)29-23)15-19(24-26)16-7-9-17(27)10-8-16/h4-10,20,27H,3,11-15H2,1-2H3/t20-/m1/s1. The molecule has 29 heavy (non-hydrogen) atoms. The molecule has 1 fully saturated rings. The molecule has 0 radical (unpaired) electrons. The van der Waals surface area contributed by atoms with Crippen LogP contribution in [0.1, 0.15) is 43.4 Å². The largest absolute Gasteiger partial charge is 0.508 e. The van der Waals surface area contributed by atoms with Gasteiger partial charge >= 0.3 is 0 Å². The van der Waals surface area contributed by atoms with Gasteiger partial charge in [0.1, 0.15) is 5.75 Å². The summed E-state index contributed by atoms with van der Waals surface area (Å²) in [5.41, 5.74) is 2.76. The van der Waals surface area contributed by atoms with Crippen molar-refractivity contribution < 1.29 is 14.6 Å². The van der Waals surface area contributed by atoms with E-state index in [0.717, 1.165) is 67.2 Å². The van der Waals surface area contributed by atoms with Crippen LogP contribution in [-0.4, -0.2) is 53.2 Å². The monoisotopic (exact) mass is 393 g/mol. The van der Waals surface area contributed by atoms with Crippen molar-refractivity contribution in [2.75, 3.05) is 26.7 Å². The van der Waals surface area contributed by atoms with E-state index in [-0.39, 0.29) is 11.8 Å². The summed E-state index contributed by atoms with van der Waals surface area (Å²) in [6.07, 6.45) is 2.62. The molecule has 0 aromatic heterocycles. The van der Waals surface area contributed by atoms with Crippen molar-refractivity contribution in [3.8, 4) is 17.2 Å². The average molecular weight is 393 g/mol. The minimum absolute atomic E-state index is 0.130. The summed E-state index contributed by atoms with van der Waals surface area (Å²) in [6.45, 7) is 5.25. The number of phenols is 1. The van der Waals surface area contributed by atoms with Crippen LogP contribution < -0.4 is 9.47 Å². The third-order valence-electron chi connectivity index (χ3n) is 6.49. The molecule has 1 saturated heterocycles. The van der Waals surface area contributed by atoms with Crippen molar-refractivity contribution in [3.05, 3.63) is 53.6 Å². The van der Waals surface area contributed by atoms with E-state index in [0.29, 0.717) is 0 Å². The summed E-state index contributed by atoms with van der Waals surface area (Å²) in [5.74, 6) is 1.92. The van der Waals surface area contributed by atoms with Gasteiger partial charge in [0, 0.05) is 37.9 Å². The molecule has 0 amide bonds. The molecule has 5 rings (SSSR count). The molecule has 1 atom stereocenters. The number of para-hydroxylation sites is 1. The maximum atomic E-state index is 9.65. The predicted octanol–water partition coefficient (Wildman–Crippen LogP) is 3.76. The lowest BCUT2D eigenvalue weighted by Crippen LogP contribution is -2.59. The molecular weight excluding hydrogens is 366 g/mol. The van der Waals surface area contributed by atoms with Gasteiger partial charge in [-0.25, -0.2) is 5.01 Å². The fourth-order valence-corrected chi connectivity index (χ4v) is 4.81. The molecule has 1 N–H and O–H groups in total. The fourth-order valence-electron chi connectivity index (χ4n) is 4.81. The van der Waals surface area contributed by atoms with Crippen LogP contribution in [0.15, 0.2) is 47.6 Å². The summed E-state index contributed by atoms with van der Waals surface area (Å²) in [4.78, 5) is 2.46. The minimum Gasteiger partial charge on any atom is -0.508 e. The lowest BCUT2D eigenvalue weighted by atomic mass is 9.90. The van der Waals surface area contributed by atoms with Crippen LogP contribution in [0.3, 0.4) is 0 Å². The lowest BCUT2D eigenvalue weighted by Gasteiger charge is -2.51. The van der Waals surface area contributed by atoms with Gasteiger partial charge in [0.2, 0.25) is 5.72 Å². The highest BCUT2D eigenvalue weighted by Crippen LogP contribution is 2.52. The van der Waals surface area contributed by atoms with E-state index >= 15 is 0 Å². The molecule has 0 bridgehead atoms. The van der Waals surface area contributed by atoms with Crippen LogP contribution in [0, 0.1) is 0 Å². The second-order valence-corrected chi connectivity index (χ2v) is 8.02. The number of likely N-dealkylation sites (tertiary alicyclic amines) is 1. The molecule has 2 aromatic carbocycles. The SMILES string of the molecule is CCN1CCC2(CC1)Oc1c(OC)cccc1[C@H]1CC(c3ccc(O)cc3)=NN12. The maximum absolute atomic E-state index is 9.65. The first kappa shape index (κ1) is 18.3. The predicted molar refractivity (Wildman–Crippen MR) is 112 cm³/mol. The smallest absolute Gasteiger partial charge is 0.200 e. The van der Waals surface area contributed by atoms with Crippen molar-refractivity contribution in [2.24, 2.45) is 5.10 Å². The zero-order valence-electron chi connectivity index (χ0n) is 17.0. The van der Waals surface area contributed by atoms with Crippen LogP contribution in [-0.2, 0) is 0 Å². The fraction of sp³-hybridized carbons (Fsp3) is 0.435. The van der Waals surface area contributed by atoms with Crippen LogP contribution in [0.4, 0.5) is 0 Å². The Kier molecular flexibility index (Phi) is 4.39. The zero-order valence-corrected chi connectivity index (χ0v) is 17.0. The summed E-state index contributed by atoms with van der Waals surface area (Å²) in [7, 11) is 1.70. The summed E-state index contributed by atoms with van der Waals surface area (Å²) < 4.78 is 12.4. The van der Waals surface area contributed by atoms with Crippen LogP contribution in [0.25, 0.3) is 0 Å². The molecule has 152 valence electrons. The maximum Gasteiger partial charge on any atom is 0.200 e. The van der Waals surface area contributed by atoms with Gasteiger partial charge in [-0.1, -0.05) is 19.1 Å². The van der Waals surface area contributed by atoms with Gasteiger partial charge in [0.15, 0.2) is 11.5 Å². The van der Waals surface area contributed by atoms with E-state index in [1.165, 1.54) is 0 Å². The minimum atomic E-state index is -0.448. The number of benzene rings is 2. The zero-order chi connectivity index (χ0) is 20.0. The Labute approximate surface area is 171 Å². The van der Waals surface area contributed by atoms with Crippen LogP contribution >= 0.6 is 0 Å². The number of rotatable bonds is 3. The molecule has 2 aromatic rings. The Hall–Kier alpha value is -2.73. The number of ether oxygens (including phenoxy) is 2. The highest BCUT2D eigenvalue weighted by atomic mass is 16.5. The molecule has 0 saturated carbocycles. The third kappa shape index (κ3) is 2.94. The number of methoxy groups -OCH3 is 1. The Morgan fingerprint density at radius 1 is 1.17 bits per heavy atom. The van der Waals surface area contributed by atoms with E-state index < -0.39 is 5.72 Å². The van der Waals surface area contributed by atoms with Crippen LogP contribution in [0.5, 0.6) is 17.2 Å². The van der Waals surface area contributed by atoms with Crippen LogP contribution in [0.2, 0.25) is 0 Å². The number of aromatic hydroxyl groups is 1. The molecule has 1 spiro atoms. The summed E-state index contributed by atoms with van der Waals surface area (Å²) in [6, 6.07) is 13.6. The number of hydrazone groups is 1. The molecule has 0 unspecified atom stereocenters. The number of nitrogens with zero attached hydrogens (tertiary/aromatic N) is 3. The van der Waals surface area contributed by atoms with E-state index in [4.69, 9.17) is 14.6 Å². The average Bonchev–Trinajstić information content (AvgIpc) is 3.21. The van der Waals surface area contributed by atoms with E-state index in [9.17, 15) is 5.11 Å². The second kappa shape index (κ2) is 6.95. The van der Waals surface area contributed by atoms with Crippen molar-refractivity contribution >= 4 is 5.71 Å². The Balaban J connectivity index is 1.57. The lowest BCUT2D eigenvalue weighted by molar-refractivity contribution is -0.150. The number of phenolic OH excluding ortho intramolecular Hbond substituents is 1. The Morgan fingerprint density at radius 3 is 2.62 bits per heavy atom. The van der Waals surface area contributed by atoms with Gasteiger partial charge in [0.05, 0.1) is 18.9 Å². The van der Waals surface area contributed by atoms with Gasteiger partial charge < -0.3 is 19.5 Å². The number of piperidine rings is 1. The van der Waals surface area contributed by atoms with Gasteiger partial charge in [-0.05, 0) is 42.4 Å². The highest BCUT2D eigenvalue weighted by Gasteiger charge is 2.52. The quantitative estimate of drug-likeness (QED) is 0.861. The first-order valence-electron chi connectivity index (χ1n) is 10.4. The van der Waals surface area contributed by atoms with E-state index in [1.807, 2.05) is 24.3 Å². The number of hydrogen-bond donors (Lipinski definition) is 1. The Bertz CT molecular complexity index is 933. The third-order valence-corrected chi connectivity index (χ3v) is 6.49. The van der Waals surface area contributed by atoms with Gasteiger partial charge in [-0.15, -0.1) is 0 Å². The number of hydrogen-bond acceptors (Lipinski definition) is 6. The van der Waals surface area contributed by atoms with Gasteiger partial charge in [0.25, 0.3) is 0 Å². The van der Waals surface area contributed by atoms with Crippen molar-refractivity contribution in [3.63, 3.8) is 0 Å². The van der Waals surface area contributed by atoms with E-state index in [1.54, 1.807) is 19.2 Å². The summed E-state index contributed by atoms with van der Waals surface area (Å²) >= 11 is 0. The Morgan fingerprint density at radius 2 is 1.93 bits per heavy atom. The van der Waals surface area contributed by atoms with Gasteiger partial charge in [-0.2, -0.15) is 5.10 Å². The summed E-state index contributed by atoms with van der Waals surface area (Å²) in [5, 5.41) is 16.9. The molecule has 3 aliphatic heterocycles. The molecule has 3 heterocycles. The second-order valence-electron chi connectivity index (χ2n) is 8.02.